The minimum atomic E-state index is -4.90. The number of Topliss-reactive ketones (excluding diaryl/α,β-unsaturated/α-hetero) is 1. The van der Waals surface area contributed by atoms with Crippen LogP contribution in [-0.2, 0) is 12.6 Å². The first-order chi connectivity index (χ1) is 8.18. The van der Waals surface area contributed by atoms with E-state index in [-0.39, 0.29) is 12.0 Å². The van der Waals surface area contributed by atoms with Gasteiger partial charge in [0.25, 0.3) is 6.43 Å². The van der Waals surface area contributed by atoms with Crippen molar-refractivity contribution in [2.45, 2.75) is 32.9 Å². The molecule has 0 atom stereocenters. The molecular weight excluding hydrogens is 255 g/mol. The number of carbonyl (C=O) groups is 1. The third-order valence-electron chi connectivity index (χ3n) is 2.55. The standard InChI is InChI=1S/C12H11F5O/c1-3-7-4-8(6(2)18)10(11(13)14)9(5-7)12(15,16)17/h4-5,11H,3H2,1-2H3. The Kier molecular flexibility index (Phi) is 4.09. The van der Waals surface area contributed by atoms with E-state index in [1.54, 1.807) is 6.92 Å². The fourth-order valence-electron chi connectivity index (χ4n) is 1.68. The van der Waals surface area contributed by atoms with Crippen LogP contribution < -0.4 is 0 Å². The molecule has 6 heteroatoms. The van der Waals surface area contributed by atoms with E-state index in [4.69, 9.17) is 0 Å². The van der Waals surface area contributed by atoms with E-state index < -0.39 is 35.1 Å². The number of benzene rings is 1. The topological polar surface area (TPSA) is 17.1 Å². The van der Waals surface area contributed by atoms with Gasteiger partial charge in [-0.15, -0.1) is 0 Å². The average Bonchev–Trinajstić information content (AvgIpc) is 2.25. The molecule has 1 aromatic carbocycles. The Labute approximate surface area is 101 Å². The van der Waals surface area contributed by atoms with Crippen molar-refractivity contribution in [1.82, 2.24) is 0 Å². The largest absolute Gasteiger partial charge is 0.416 e. The molecule has 0 fully saturated rings. The summed E-state index contributed by atoms with van der Waals surface area (Å²) in [7, 11) is 0. The molecule has 0 bridgehead atoms. The number of alkyl halides is 5. The molecule has 0 amide bonds. The fourth-order valence-corrected chi connectivity index (χ4v) is 1.68. The summed E-state index contributed by atoms with van der Waals surface area (Å²) in [5.41, 5.74) is -3.01. The zero-order valence-corrected chi connectivity index (χ0v) is 9.74. The van der Waals surface area contributed by atoms with E-state index in [2.05, 4.69) is 0 Å². The van der Waals surface area contributed by atoms with Crippen LogP contribution in [0.5, 0.6) is 0 Å². The van der Waals surface area contributed by atoms with E-state index in [0.717, 1.165) is 13.0 Å². The lowest BCUT2D eigenvalue weighted by Crippen LogP contribution is -2.14. The first-order valence-electron chi connectivity index (χ1n) is 5.21. The molecule has 0 saturated carbocycles. The van der Waals surface area contributed by atoms with Crippen LogP contribution in [0.2, 0.25) is 0 Å². The van der Waals surface area contributed by atoms with Crippen molar-refractivity contribution in [2.24, 2.45) is 0 Å². The summed E-state index contributed by atoms with van der Waals surface area (Å²) in [4.78, 5) is 11.2. The Morgan fingerprint density at radius 3 is 2.17 bits per heavy atom. The molecule has 0 N–H and O–H groups in total. The molecule has 1 rings (SSSR count). The summed E-state index contributed by atoms with van der Waals surface area (Å²) in [6, 6.07) is 1.77. The van der Waals surface area contributed by atoms with Crippen molar-refractivity contribution in [1.29, 1.82) is 0 Å². The molecular formula is C12H11F5O. The van der Waals surface area contributed by atoms with Crippen LogP contribution >= 0.6 is 0 Å². The Balaban J connectivity index is 3.66. The van der Waals surface area contributed by atoms with Gasteiger partial charge in [0.15, 0.2) is 5.78 Å². The summed E-state index contributed by atoms with van der Waals surface area (Å²) in [6.07, 6.45) is -8.01. The Hall–Kier alpha value is -1.46. The van der Waals surface area contributed by atoms with Gasteiger partial charge in [-0.05, 0) is 31.0 Å². The minimum Gasteiger partial charge on any atom is -0.294 e. The quantitative estimate of drug-likeness (QED) is 0.585. The fraction of sp³-hybridized carbons (Fsp3) is 0.417. The maximum Gasteiger partial charge on any atom is 0.416 e. The summed E-state index contributed by atoms with van der Waals surface area (Å²) < 4.78 is 63.7. The first kappa shape index (κ1) is 14.6. The number of carbonyl (C=O) groups excluding carboxylic acids is 1. The Morgan fingerprint density at radius 1 is 1.28 bits per heavy atom. The number of ketones is 1. The van der Waals surface area contributed by atoms with E-state index in [9.17, 15) is 26.7 Å². The van der Waals surface area contributed by atoms with Crippen LogP contribution in [0.3, 0.4) is 0 Å². The summed E-state index contributed by atoms with van der Waals surface area (Å²) in [5.74, 6) is -0.800. The predicted molar refractivity (Wildman–Crippen MR) is 55.8 cm³/mol. The zero-order chi connectivity index (χ0) is 14.1. The van der Waals surface area contributed by atoms with Crippen molar-refractivity contribution in [3.8, 4) is 0 Å². The van der Waals surface area contributed by atoms with Gasteiger partial charge in [-0.1, -0.05) is 6.92 Å². The summed E-state index contributed by atoms with van der Waals surface area (Å²) >= 11 is 0. The van der Waals surface area contributed by atoms with Crippen LogP contribution in [0.25, 0.3) is 0 Å². The van der Waals surface area contributed by atoms with E-state index in [0.29, 0.717) is 6.07 Å². The molecule has 0 saturated heterocycles. The maximum atomic E-state index is 12.8. The zero-order valence-electron chi connectivity index (χ0n) is 9.74. The normalized spacial score (nSPS) is 12.0. The second-order valence-corrected chi connectivity index (χ2v) is 3.81. The molecule has 0 heterocycles. The van der Waals surface area contributed by atoms with Gasteiger partial charge in [-0.3, -0.25) is 4.79 Å². The second-order valence-electron chi connectivity index (χ2n) is 3.81. The molecule has 1 aromatic rings. The summed E-state index contributed by atoms with van der Waals surface area (Å²) in [5, 5.41) is 0. The summed E-state index contributed by atoms with van der Waals surface area (Å²) in [6.45, 7) is 2.56. The van der Waals surface area contributed by atoms with Crippen LogP contribution in [0.4, 0.5) is 22.0 Å². The maximum absolute atomic E-state index is 12.8. The molecule has 0 aliphatic rings. The van der Waals surface area contributed by atoms with Crippen molar-refractivity contribution >= 4 is 5.78 Å². The highest BCUT2D eigenvalue weighted by Crippen LogP contribution is 2.39. The highest BCUT2D eigenvalue weighted by atomic mass is 19.4. The van der Waals surface area contributed by atoms with Crippen LogP contribution in [-0.4, -0.2) is 5.78 Å². The number of halogens is 5. The molecule has 0 radical (unpaired) electrons. The van der Waals surface area contributed by atoms with Crippen molar-refractivity contribution in [3.63, 3.8) is 0 Å². The molecule has 100 valence electrons. The highest BCUT2D eigenvalue weighted by molar-refractivity contribution is 5.96. The Bertz CT molecular complexity index is 462. The van der Waals surface area contributed by atoms with Gasteiger partial charge < -0.3 is 0 Å². The van der Waals surface area contributed by atoms with Crippen LogP contribution in [0, 0.1) is 0 Å². The monoisotopic (exact) mass is 266 g/mol. The molecule has 0 aromatic heterocycles. The second kappa shape index (κ2) is 5.04. The van der Waals surface area contributed by atoms with Crippen molar-refractivity contribution in [3.05, 3.63) is 34.4 Å². The first-order valence-corrected chi connectivity index (χ1v) is 5.21. The van der Waals surface area contributed by atoms with Crippen molar-refractivity contribution in [2.75, 3.05) is 0 Å². The minimum absolute atomic E-state index is 0.205. The predicted octanol–water partition coefficient (Wildman–Crippen LogP) is 4.41. The lowest BCUT2D eigenvalue weighted by molar-refractivity contribution is -0.139. The number of aryl methyl sites for hydroxylation is 1. The van der Waals surface area contributed by atoms with Gasteiger partial charge in [0.2, 0.25) is 0 Å². The van der Waals surface area contributed by atoms with E-state index in [1.165, 1.54) is 0 Å². The molecule has 1 nitrogen and oxygen atoms in total. The number of rotatable bonds is 3. The highest BCUT2D eigenvalue weighted by Gasteiger charge is 2.38. The average molecular weight is 266 g/mol. The van der Waals surface area contributed by atoms with Gasteiger partial charge in [0.1, 0.15) is 0 Å². The molecule has 0 aliphatic carbocycles. The lowest BCUT2D eigenvalue weighted by atomic mass is 9.94. The number of hydrogen-bond donors (Lipinski definition) is 0. The van der Waals surface area contributed by atoms with Gasteiger partial charge in [-0.2, -0.15) is 13.2 Å². The van der Waals surface area contributed by atoms with Gasteiger partial charge in [0.05, 0.1) is 5.56 Å². The molecule has 18 heavy (non-hydrogen) atoms. The van der Waals surface area contributed by atoms with Gasteiger partial charge in [-0.25, -0.2) is 8.78 Å². The third-order valence-corrected chi connectivity index (χ3v) is 2.55. The SMILES string of the molecule is CCc1cc(C(C)=O)c(C(F)F)c(C(F)(F)F)c1. The van der Waals surface area contributed by atoms with Gasteiger partial charge >= 0.3 is 6.18 Å². The van der Waals surface area contributed by atoms with Crippen LogP contribution in [0.1, 0.15) is 47.3 Å². The lowest BCUT2D eigenvalue weighted by Gasteiger charge is -2.17. The van der Waals surface area contributed by atoms with E-state index in [1.807, 2.05) is 0 Å². The number of hydrogen-bond acceptors (Lipinski definition) is 1. The molecule has 0 spiro atoms. The smallest absolute Gasteiger partial charge is 0.294 e. The third kappa shape index (κ3) is 2.86. The van der Waals surface area contributed by atoms with Gasteiger partial charge in [0, 0.05) is 11.1 Å². The Morgan fingerprint density at radius 2 is 1.83 bits per heavy atom. The van der Waals surface area contributed by atoms with E-state index >= 15 is 0 Å². The molecule has 0 aliphatic heterocycles. The van der Waals surface area contributed by atoms with Crippen LogP contribution in [0.15, 0.2) is 12.1 Å². The van der Waals surface area contributed by atoms with Crippen molar-refractivity contribution < 1.29 is 26.7 Å². The molecule has 0 unspecified atom stereocenters.